The predicted octanol–water partition coefficient (Wildman–Crippen LogP) is 2.89. The third-order valence-corrected chi connectivity index (χ3v) is 4.93. The number of rotatable bonds is 3. The van der Waals surface area contributed by atoms with Crippen molar-refractivity contribution in [3.63, 3.8) is 0 Å². The van der Waals surface area contributed by atoms with Crippen LogP contribution in [-0.4, -0.2) is 17.3 Å². The zero-order valence-electron chi connectivity index (χ0n) is 9.00. The van der Waals surface area contributed by atoms with Crippen LogP contribution >= 0.6 is 0 Å². The molecule has 1 aromatic carbocycles. The lowest BCUT2D eigenvalue weighted by molar-refractivity contribution is 0.701. The normalized spacial score (nSPS) is 12.1. The molecule has 0 amide bonds. The molecule has 0 N–H and O–H groups in total. The Hall–Kier alpha value is -0.430. The Morgan fingerprint density at radius 2 is 1.62 bits per heavy atom. The van der Waals surface area contributed by atoms with Crippen molar-refractivity contribution in [2.24, 2.45) is 0 Å². The first-order valence-electron chi connectivity index (χ1n) is 4.64. The van der Waals surface area contributed by atoms with E-state index < -0.39 is 0 Å². The molecular weight excluding hydrogens is 176 g/mol. The van der Waals surface area contributed by atoms with Gasteiger partial charge in [0.05, 0.1) is 12.5 Å². The summed E-state index contributed by atoms with van der Waals surface area (Å²) in [5.41, 5.74) is 1.45. The Bertz CT molecular complexity index is 249. The summed E-state index contributed by atoms with van der Waals surface area (Å²) in [6.07, 6.45) is 5.83. The van der Waals surface area contributed by atoms with E-state index in [2.05, 4.69) is 56.7 Å². The molecule has 1 aromatic rings. The third kappa shape index (κ3) is 3.07. The summed E-state index contributed by atoms with van der Waals surface area (Å²) in [6, 6.07) is 10.8. The van der Waals surface area contributed by atoms with Gasteiger partial charge in [0.1, 0.15) is 4.75 Å². The zero-order valence-corrected chi connectivity index (χ0v) is 9.82. The molecule has 72 valence electrons. The smallest absolute Gasteiger partial charge is 0.0622 e. The van der Waals surface area contributed by atoms with Crippen molar-refractivity contribution in [3.05, 3.63) is 35.9 Å². The Balaban J connectivity index is 2.69. The Kier molecular flexibility index (Phi) is 3.43. The average Bonchev–Trinajstić information content (AvgIpc) is 2.05. The highest BCUT2D eigenvalue weighted by Gasteiger charge is 2.30. The van der Waals surface area contributed by atoms with E-state index in [0.29, 0.717) is 15.6 Å². The largest absolute Gasteiger partial charge is 0.126 e. The molecule has 0 radical (unpaired) electrons. The highest BCUT2D eigenvalue weighted by molar-refractivity contribution is 7.96. The average molecular weight is 195 g/mol. The summed E-state index contributed by atoms with van der Waals surface area (Å²) in [5, 5.41) is 0. The number of hydrogen-bond acceptors (Lipinski definition) is 0. The minimum Gasteiger partial charge on any atom is -0.0622 e. The van der Waals surface area contributed by atoms with Crippen LogP contribution in [0.15, 0.2) is 30.3 Å². The van der Waals surface area contributed by atoms with Crippen LogP contribution < -0.4 is 0 Å². The second kappa shape index (κ2) is 4.19. The second-order valence-corrected chi connectivity index (χ2v) is 6.98. The quantitative estimate of drug-likeness (QED) is 0.651. The Morgan fingerprint density at radius 3 is 2.08 bits per heavy atom. The fourth-order valence-electron chi connectivity index (χ4n) is 1.23. The van der Waals surface area contributed by atoms with Crippen LogP contribution in [0.3, 0.4) is 0 Å². The lowest BCUT2D eigenvalue weighted by atomic mass is 10.0. The maximum absolute atomic E-state index is 2.35. The molecule has 0 aromatic heterocycles. The fourth-order valence-corrected chi connectivity index (χ4v) is 1.69. The lowest BCUT2D eigenvalue weighted by Gasteiger charge is -2.20. The van der Waals surface area contributed by atoms with Crippen LogP contribution in [-0.2, 0) is 17.3 Å². The van der Waals surface area contributed by atoms with Gasteiger partial charge in [-0.1, -0.05) is 30.3 Å². The van der Waals surface area contributed by atoms with Gasteiger partial charge in [-0.3, -0.25) is 0 Å². The maximum Gasteiger partial charge on any atom is 0.126 e. The van der Waals surface area contributed by atoms with Gasteiger partial charge in [0.2, 0.25) is 0 Å². The molecule has 1 rings (SSSR count). The molecule has 13 heavy (non-hydrogen) atoms. The Labute approximate surface area is 84.7 Å². The van der Waals surface area contributed by atoms with Crippen molar-refractivity contribution in [1.29, 1.82) is 0 Å². The van der Waals surface area contributed by atoms with Gasteiger partial charge in [0.15, 0.2) is 0 Å². The molecule has 0 aliphatic heterocycles. The van der Waals surface area contributed by atoms with Crippen LogP contribution in [0.4, 0.5) is 0 Å². The summed E-state index contributed by atoms with van der Waals surface area (Å²) in [7, 11) is 0.474. The van der Waals surface area contributed by atoms with Crippen molar-refractivity contribution in [1.82, 2.24) is 0 Å². The molecule has 0 aliphatic carbocycles. The van der Waals surface area contributed by atoms with E-state index in [1.165, 1.54) is 12.0 Å². The molecule has 0 fully saturated rings. The Morgan fingerprint density at radius 1 is 1.08 bits per heavy atom. The summed E-state index contributed by atoms with van der Waals surface area (Å²) in [4.78, 5) is 0. The molecule has 1 heteroatoms. The minimum absolute atomic E-state index is 0.432. The minimum atomic E-state index is 0.432. The van der Waals surface area contributed by atoms with E-state index in [1.54, 1.807) is 0 Å². The maximum atomic E-state index is 2.35. The second-order valence-electron chi connectivity index (χ2n) is 4.24. The van der Waals surface area contributed by atoms with Crippen LogP contribution in [0.5, 0.6) is 0 Å². The first-order valence-corrected chi connectivity index (χ1v) is 6.68. The molecule has 0 saturated heterocycles. The van der Waals surface area contributed by atoms with E-state index in [-0.39, 0.29) is 0 Å². The van der Waals surface area contributed by atoms with Crippen LogP contribution in [0.25, 0.3) is 0 Å². The molecule has 0 aliphatic rings. The molecule has 0 atom stereocenters. The van der Waals surface area contributed by atoms with Gasteiger partial charge in [-0.15, -0.1) is 0 Å². The van der Waals surface area contributed by atoms with Gasteiger partial charge < -0.3 is 0 Å². The standard InChI is InChI=1S/C12H19S/c1-12(2,13(3)4)10-11-8-6-5-7-9-11/h5-9H,10H2,1-4H3/q+1. The summed E-state index contributed by atoms with van der Waals surface area (Å²) < 4.78 is 0.432. The molecule has 0 heterocycles. The zero-order chi connectivity index (χ0) is 9.90. The van der Waals surface area contributed by atoms with E-state index in [9.17, 15) is 0 Å². The fraction of sp³-hybridized carbons (Fsp3) is 0.500. The van der Waals surface area contributed by atoms with E-state index >= 15 is 0 Å². The van der Waals surface area contributed by atoms with Crippen LogP contribution in [0, 0.1) is 0 Å². The molecule has 0 saturated carbocycles. The highest BCUT2D eigenvalue weighted by Crippen LogP contribution is 2.21. The van der Waals surface area contributed by atoms with Gasteiger partial charge in [-0.05, 0) is 30.3 Å². The van der Waals surface area contributed by atoms with Crippen molar-refractivity contribution in [2.45, 2.75) is 25.0 Å². The summed E-state index contributed by atoms with van der Waals surface area (Å²) in [5.74, 6) is 0. The van der Waals surface area contributed by atoms with Crippen molar-refractivity contribution in [2.75, 3.05) is 12.5 Å². The molecule has 0 spiro atoms. The number of benzene rings is 1. The summed E-state index contributed by atoms with van der Waals surface area (Å²) in [6.45, 7) is 4.70. The van der Waals surface area contributed by atoms with E-state index in [0.717, 1.165) is 0 Å². The first kappa shape index (κ1) is 10.6. The van der Waals surface area contributed by atoms with Crippen LogP contribution in [0.1, 0.15) is 19.4 Å². The van der Waals surface area contributed by atoms with Gasteiger partial charge >= 0.3 is 0 Å². The highest BCUT2D eigenvalue weighted by atomic mass is 32.2. The first-order chi connectivity index (χ1) is 6.02. The molecule has 0 bridgehead atoms. The predicted molar refractivity (Wildman–Crippen MR) is 63.4 cm³/mol. The van der Waals surface area contributed by atoms with Crippen LogP contribution in [0.2, 0.25) is 0 Å². The van der Waals surface area contributed by atoms with E-state index in [4.69, 9.17) is 0 Å². The van der Waals surface area contributed by atoms with Gasteiger partial charge in [0.25, 0.3) is 0 Å². The topological polar surface area (TPSA) is 0 Å². The lowest BCUT2D eigenvalue weighted by Crippen LogP contribution is -2.32. The van der Waals surface area contributed by atoms with Gasteiger partial charge in [-0.2, -0.15) is 0 Å². The van der Waals surface area contributed by atoms with Gasteiger partial charge in [0, 0.05) is 6.42 Å². The van der Waals surface area contributed by atoms with Crippen molar-refractivity contribution >= 4 is 10.9 Å². The van der Waals surface area contributed by atoms with E-state index in [1.807, 2.05) is 0 Å². The third-order valence-electron chi connectivity index (χ3n) is 2.58. The van der Waals surface area contributed by atoms with Gasteiger partial charge in [-0.25, -0.2) is 0 Å². The van der Waals surface area contributed by atoms with Crippen molar-refractivity contribution < 1.29 is 0 Å². The SMILES string of the molecule is C[S+](C)C(C)(C)Cc1ccccc1. The monoisotopic (exact) mass is 195 g/mol. The molecular formula is C12H19S+. The number of hydrogen-bond donors (Lipinski definition) is 0. The van der Waals surface area contributed by atoms with Crippen molar-refractivity contribution in [3.8, 4) is 0 Å². The molecule has 0 nitrogen and oxygen atoms in total. The molecule has 0 unspecified atom stereocenters. The summed E-state index contributed by atoms with van der Waals surface area (Å²) >= 11 is 0.